The number of rotatable bonds is 6. The predicted molar refractivity (Wildman–Crippen MR) is 70.4 cm³/mol. The molecule has 0 aromatic carbocycles. The van der Waals surface area contributed by atoms with Crippen LogP contribution in [0.2, 0.25) is 0 Å². The molecule has 0 aliphatic carbocycles. The second kappa shape index (κ2) is 8.35. The minimum atomic E-state index is -0.705. The number of carbonyl (C=O) groups excluding carboxylic acids is 2. The van der Waals surface area contributed by atoms with Crippen molar-refractivity contribution in [2.45, 2.75) is 19.4 Å². The number of thioether (sulfide) groups is 1. The van der Waals surface area contributed by atoms with Crippen LogP contribution in [0, 0.1) is 0 Å². The highest BCUT2D eigenvalue weighted by Gasteiger charge is 2.15. The average molecular weight is 263 g/mol. The zero-order valence-electron chi connectivity index (χ0n) is 9.41. The van der Waals surface area contributed by atoms with Gasteiger partial charge in [-0.2, -0.15) is 11.8 Å². The Morgan fingerprint density at radius 1 is 1.44 bits per heavy atom. The first-order valence-electron chi connectivity index (χ1n) is 4.83. The van der Waals surface area contributed by atoms with Crippen LogP contribution in [0.4, 0.5) is 0 Å². The Morgan fingerprint density at radius 3 is 2.56 bits per heavy atom. The summed E-state index contributed by atoms with van der Waals surface area (Å²) in [5.41, 5.74) is 5.19. The molecule has 0 aliphatic rings. The van der Waals surface area contributed by atoms with E-state index in [4.69, 9.17) is 5.73 Å². The van der Waals surface area contributed by atoms with Crippen LogP contribution in [0.3, 0.4) is 0 Å². The van der Waals surface area contributed by atoms with Crippen molar-refractivity contribution in [2.24, 2.45) is 5.73 Å². The molecule has 7 heteroatoms. The van der Waals surface area contributed by atoms with Gasteiger partial charge in [-0.1, -0.05) is 12.2 Å². The zero-order valence-corrected chi connectivity index (χ0v) is 11.0. The van der Waals surface area contributed by atoms with Crippen LogP contribution in [0.25, 0.3) is 0 Å². The van der Waals surface area contributed by atoms with Crippen molar-refractivity contribution in [3.8, 4) is 0 Å². The Labute approximate surface area is 105 Å². The summed E-state index contributed by atoms with van der Waals surface area (Å²) in [5, 5.41) is 4.91. The number of thiocarbonyl (C=S) groups is 1. The van der Waals surface area contributed by atoms with Crippen molar-refractivity contribution >= 4 is 40.8 Å². The Bertz CT molecular complexity index is 271. The quantitative estimate of drug-likeness (QED) is 0.450. The van der Waals surface area contributed by atoms with Crippen LogP contribution >= 0.6 is 24.0 Å². The number of hydrogen-bond acceptors (Lipinski definition) is 4. The third-order valence-corrected chi connectivity index (χ3v) is 2.55. The van der Waals surface area contributed by atoms with Crippen LogP contribution in [0.1, 0.15) is 13.3 Å². The smallest absolute Gasteiger partial charge is 0.309 e. The van der Waals surface area contributed by atoms with Crippen molar-refractivity contribution in [1.29, 1.82) is 0 Å². The zero-order chi connectivity index (χ0) is 12.6. The van der Waals surface area contributed by atoms with Gasteiger partial charge in [0.2, 0.25) is 0 Å². The highest BCUT2D eigenvalue weighted by Crippen LogP contribution is 1.99. The average Bonchev–Trinajstić information content (AvgIpc) is 2.22. The maximum absolute atomic E-state index is 11.3. The molecule has 0 heterocycles. The maximum atomic E-state index is 11.3. The minimum Gasteiger partial charge on any atom is -0.392 e. The highest BCUT2D eigenvalue weighted by molar-refractivity contribution is 7.98. The van der Waals surface area contributed by atoms with Crippen molar-refractivity contribution < 1.29 is 9.59 Å². The summed E-state index contributed by atoms with van der Waals surface area (Å²) >= 11 is 6.27. The molecule has 0 rings (SSSR count). The SMILES string of the molecule is CSCCC(C)NC(=O)C(=O)NCC(N)=S. The molecule has 4 N–H and O–H groups in total. The van der Waals surface area contributed by atoms with Gasteiger partial charge in [-0.05, 0) is 25.4 Å². The molecule has 0 aromatic heterocycles. The number of amides is 2. The highest BCUT2D eigenvalue weighted by atomic mass is 32.2. The van der Waals surface area contributed by atoms with Gasteiger partial charge in [0.05, 0.1) is 11.5 Å². The summed E-state index contributed by atoms with van der Waals surface area (Å²) in [6, 6.07) is -0.0180. The normalized spacial score (nSPS) is 11.6. The van der Waals surface area contributed by atoms with E-state index in [1.165, 1.54) is 0 Å². The van der Waals surface area contributed by atoms with Gasteiger partial charge >= 0.3 is 11.8 Å². The summed E-state index contributed by atoms with van der Waals surface area (Å²) in [7, 11) is 0. The molecule has 2 amide bonds. The molecular formula is C9H17N3O2S2. The van der Waals surface area contributed by atoms with Crippen LogP contribution in [-0.2, 0) is 9.59 Å². The molecule has 1 unspecified atom stereocenters. The Balaban J connectivity index is 3.86. The van der Waals surface area contributed by atoms with Gasteiger partial charge < -0.3 is 16.4 Å². The van der Waals surface area contributed by atoms with E-state index in [9.17, 15) is 9.59 Å². The number of nitrogens with two attached hydrogens (primary N) is 1. The molecule has 0 aromatic rings. The summed E-state index contributed by atoms with van der Waals surface area (Å²) in [6.45, 7) is 1.90. The van der Waals surface area contributed by atoms with Gasteiger partial charge in [0, 0.05) is 6.04 Å². The third kappa shape index (κ3) is 7.47. The molecule has 1 atom stereocenters. The molecule has 0 radical (unpaired) electrons. The van der Waals surface area contributed by atoms with E-state index in [0.29, 0.717) is 0 Å². The van der Waals surface area contributed by atoms with Gasteiger partial charge in [0.25, 0.3) is 0 Å². The molecule has 0 fully saturated rings. The van der Waals surface area contributed by atoms with Crippen LogP contribution in [-0.4, -0.2) is 41.4 Å². The van der Waals surface area contributed by atoms with Crippen molar-refractivity contribution in [3.63, 3.8) is 0 Å². The first-order chi connectivity index (χ1) is 7.47. The van der Waals surface area contributed by atoms with Gasteiger partial charge in [-0.3, -0.25) is 9.59 Å². The summed E-state index contributed by atoms with van der Waals surface area (Å²) in [4.78, 5) is 22.7. The van der Waals surface area contributed by atoms with Gasteiger partial charge in [0.1, 0.15) is 0 Å². The molecule has 0 saturated heterocycles. The summed E-state index contributed by atoms with van der Waals surface area (Å²) < 4.78 is 0. The lowest BCUT2D eigenvalue weighted by Gasteiger charge is -2.12. The number of carbonyl (C=O) groups is 2. The monoisotopic (exact) mass is 263 g/mol. The fraction of sp³-hybridized carbons (Fsp3) is 0.667. The second-order valence-electron chi connectivity index (χ2n) is 3.30. The Morgan fingerprint density at radius 2 is 2.06 bits per heavy atom. The lowest BCUT2D eigenvalue weighted by atomic mass is 10.2. The maximum Gasteiger partial charge on any atom is 0.309 e. The molecule has 0 aliphatic heterocycles. The predicted octanol–water partition coefficient (Wildman–Crippen LogP) is -0.353. The van der Waals surface area contributed by atoms with Gasteiger partial charge in [-0.25, -0.2) is 0 Å². The molecule has 16 heavy (non-hydrogen) atoms. The van der Waals surface area contributed by atoms with Crippen molar-refractivity contribution in [3.05, 3.63) is 0 Å². The fourth-order valence-electron chi connectivity index (χ4n) is 0.904. The van der Waals surface area contributed by atoms with Crippen molar-refractivity contribution in [1.82, 2.24) is 10.6 Å². The number of nitrogens with one attached hydrogen (secondary N) is 2. The first-order valence-corrected chi connectivity index (χ1v) is 6.63. The molecular weight excluding hydrogens is 246 g/mol. The number of hydrogen-bond donors (Lipinski definition) is 3. The van der Waals surface area contributed by atoms with E-state index in [1.807, 2.05) is 13.2 Å². The van der Waals surface area contributed by atoms with E-state index < -0.39 is 11.8 Å². The van der Waals surface area contributed by atoms with Crippen molar-refractivity contribution in [2.75, 3.05) is 18.6 Å². The minimum absolute atomic E-state index is 0.0180. The molecule has 92 valence electrons. The Kier molecular flexibility index (Phi) is 7.92. The van der Waals surface area contributed by atoms with Gasteiger partial charge in [-0.15, -0.1) is 0 Å². The second-order valence-corrected chi connectivity index (χ2v) is 4.81. The van der Waals surface area contributed by atoms with E-state index in [0.717, 1.165) is 12.2 Å². The van der Waals surface area contributed by atoms with E-state index in [-0.39, 0.29) is 17.6 Å². The topological polar surface area (TPSA) is 84.2 Å². The summed E-state index contributed by atoms with van der Waals surface area (Å²) in [6.07, 6.45) is 2.82. The lowest BCUT2D eigenvalue weighted by Crippen LogP contribution is -2.45. The van der Waals surface area contributed by atoms with E-state index >= 15 is 0 Å². The molecule has 0 saturated carbocycles. The fourth-order valence-corrected chi connectivity index (χ4v) is 1.57. The largest absolute Gasteiger partial charge is 0.392 e. The first kappa shape index (κ1) is 15.2. The van der Waals surface area contributed by atoms with E-state index in [2.05, 4.69) is 22.9 Å². The molecule has 5 nitrogen and oxygen atoms in total. The molecule has 0 bridgehead atoms. The standard InChI is InChI=1S/C9H17N3O2S2/c1-6(3-4-16-2)12-9(14)8(13)11-5-7(10)15/h6H,3-5H2,1-2H3,(H2,10,15)(H,11,13)(H,12,14). The van der Waals surface area contributed by atoms with Crippen LogP contribution < -0.4 is 16.4 Å². The molecule has 0 spiro atoms. The summed E-state index contributed by atoms with van der Waals surface area (Å²) in [5.74, 6) is -0.413. The Hall–Kier alpha value is -0.820. The van der Waals surface area contributed by atoms with E-state index in [1.54, 1.807) is 11.8 Å². The van der Waals surface area contributed by atoms with Crippen LogP contribution in [0.5, 0.6) is 0 Å². The van der Waals surface area contributed by atoms with Gasteiger partial charge in [0.15, 0.2) is 0 Å². The lowest BCUT2D eigenvalue weighted by molar-refractivity contribution is -0.139. The van der Waals surface area contributed by atoms with Crippen LogP contribution in [0.15, 0.2) is 0 Å². The third-order valence-electron chi connectivity index (χ3n) is 1.76.